The average Bonchev–Trinajstić information content (AvgIpc) is 2.98. The van der Waals surface area contributed by atoms with Crippen molar-refractivity contribution in [1.82, 2.24) is 14.5 Å². The van der Waals surface area contributed by atoms with Crippen LogP contribution in [0.15, 0.2) is 29.3 Å². The Morgan fingerprint density at radius 2 is 2.12 bits per heavy atom. The number of hydrogen-bond acceptors (Lipinski definition) is 4. The highest BCUT2D eigenvalue weighted by atomic mass is 35.5. The number of hydrogen-bond donors (Lipinski definition) is 1. The zero-order chi connectivity index (χ0) is 17.2. The maximum atomic E-state index is 12.4. The molecule has 1 aliphatic rings. The number of halogens is 1. The second-order valence-electron chi connectivity index (χ2n) is 5.74. The summed E-state index contributed by atoms with van der Waals surface area (Å²) >= 11 is 6.00. The van der Waals surface area contributed by atoms with Crippen LogP contribution in [0.1, 0.15) is 24.1 Å². The van der Waals surface area contributed by atoms with E-state index in [4.69, 9.17) is 16.3 Å². The minimum atomic E-state index is -3.61. The summed E-state index contributed by atoms with van der Waals surface area (Å²) in [6.07, 6.45) is 6.33. The molecule has 8 heteroatoms. The van der Waals surface area contributed by atoms with E-state index in [-0.39, 0.29) is 16.5 Å². The van der Waals surface area contributed by atoms with E-state index in [2.05, 4.69) is 9.82 Å². The first kappa shape index (κ1) is 17.3. The van der Waals surface area contributed by atoms with E-state index in [1.54, 1.807) is 6.07 Å². The number of aryl methyl sites for hydroxylation is 1. The van der Waals surface area contributed by atoms with Crippen LogP contribution in [0.3, 0.4) is 0 Å². The summed E-state index contributed by atoms with van der Waals surface area (Å²) in [4.78, 5) is 0.121. The van der Waals surface area contributed by atoms with Crippen molar-refractivity contribution in [3.63, 3.8) is 0 Å². The van der Waals surface area contributed by atoms with Gasteiger partial charge >= 0.3 is 0 Å². The molecule has 0 amide bonds. The number of rotatable bonds is 6. The summed E-state index contributed by atoms with van der Waals surface area (Å²) < 4.78 is 34.3. The van der Waals surface area contributed by atoms with E-state index in [0.717, 1.165) is 19.3 Å². The number of fused-ring (bicyclic) bond motifs is 1. The van der Waals surface area contributed by atoms with Gasteiger partial charge in [-0.3, -0.25) is 4.68 Å². The lowest BCUT2D eigenvalue weighted by atomic mass is 9.98. The lowest BCUT2D eigenvalue weighted by molar-refractivity contribution is 0.414. The van der Waals surface area contributed by atoms with E-state index in [0.29, 0.717) is 12.3 Å². The molecule has 1 aliphatic carbocycles. The molecule has 1 heterocycles. The van der Waals surface area contributed by atoms with Crippen LogP contribution in [0.5, 0.6) is 5.75 Å². The van der Waals surface area contributed by atoms with Gasteiger partial charge in [-0.1, -0.05) is 11.6 Å². The van der Waals surface area contributed by atoms with Gasteiger partial charge in [-0.25, -0.2) is 13.1 Å². The van der Waals surface area contributed by atoms with Crippen molar-refractivity contribution in [2.75, 3.05) is 13.7 Å². The average molecular weight is 370 g/mol. The molecule has 6 nitrogen and oxygen atoms in total. The lowest BCUT2D eigenvalue weighted by Crippen LogP contribution is -2.28. The third kappa shape index (κ3) is 3.58. The van der Waals surface area contributed by atoms with Gasteiger partial charge in [0.15, 0.2) is 0 Å². The maximum Gasteiger partial charge on any atom is 0.240 e. The molecule has 1 aromatic heterocycles. The van der Waals surface area contributed by atoms with E-state index >= 15 is 0 Å². The molecule has 0 bridgehead atoms. The molecule has 0 radical (unpaired) electrons. The molecule has 0 unspecified atom stereocenters. The third-order valence-electron chi connectivity index (χ3n) is 4.19. The Morgan fingerprint density at radius 1 is 1.33 bits per heavy atom. The van der Waals surface area contributed by atoms with Crippen molar-refractivity contribution in [2.24, 2.45) is 0 Å². The zero-order valence-electron chi connectivity index (χ0n) is 13.5. The molecule has 0 spiro atoms. The molecular formula is C16H20ClN3O3S. The number of aromatic nitrogens is 2. The molecule has 0 saturated carbocycles. The minimum absolute atomic E-state index is 0.121. The second-order valence-corrected chi connectivity index (χ2v) is 7.92. The van der Waals surface area contributed by atoms with Crippen LogP contribution in [0.2, 0.25) is 5.02 Å². The van der Waals surface area contributed by atoms with Crippen LogP contribution in [0.4, 0.5) is 0 Å². The molecule has 130 valence electrons. The first-order chi connectivity index (χ1) is 11.5. The van der Waals surface area contributed by atoms with Crippen molar-refractivity contribution in [3.8, 4) is 5.75 Å². The number of benzene rings is 1. The molecule has 1 aromatic carbocycles. The highest BCUT2D eigenvalue weighted by molar-refractivity contribution is 7.89. The number of methoxy groups -OCH3 is 1. The molecule has 0 saturated heterocycles. The summed E-state index contributed by atoms with van der Waals surface area (Å²) in [6.45, 7) is 0.790. The van der Waals surface area contributed by atoms with E-state index in [9.17, 15) is 8.42 Å². The SMILES string of the molecule is COc1ccc(S(=O)(=O)NCCn2ncc3c2CCCC3)cc1Cl. The van der Waals surface area contributed by atoms with Crippen LogP contribution >= 0.6 is 11.6 Å². The minimum Gasteiger partial charge on any atom is -0.495 e. The van der Waals surface area contributed by atoms with Gasteiger partial charge in [0.25, 0.3) is 0 Å². The lowest BCUT2D eigenvalue weighted by Gasteiger charge is -2.14. The molecular weight excluding hydrogens is 350 g/mol. The normalized spacial score (nSPS) is 14.4. The fraction of sp³-hybridized carbons (Fsp3) is 0.438. The number of ether oxygens (including phenoxy) is 1. The molecule has 1 N–H and O–H groups in total. The topological polar surface area (TPSA) is 73.2 Å². The Kier molecular flexibility index (Phi) is 5.12. The van der Waals surface area contributed by atoms with Crippen LogP contribution in [0, 0.1) is 0 Å². The van der Waals surface area contributed by atoms with Gasteiger partial charge < -0.3 is 4.74 Å². The summed E-state index contributed by atoms with van der Waals surface area (Å²) in [5.74, 6) is 0.443. The molecule has 0 fully saturated rings. The van der Waals surface area contributed by atoms with Crippen molar-refractivity contribution < 1.29 is 13.2 Å². The fourth-order valence-corrected chi connectivity index (χ4v) is 4.30. The molecule has 0 aliphatic heterocycles. The largest absolute Gasteiger partial charge is 0.495 e. The van der Waals surface area contributed by atoms with Gasteiger partial charge in [0, 0.05) is 12.2 Å². The van der Waals surface area contributed by atoms with Gasteiger partial charge in [0.1, 0.15) is 5.75 Å². The highest BCUT2D eigenvalue weighted by Gasteiger charge is 2.17. The van der Waals surface area contributed by atoms with Crippen molar-refractivity contribution >= 4 is 21.6 Å². The Morgan fingerprint density at radius 3 is 2.88 bits per heavy atom. The van der Waals surface area contributed by atoms with E-state index in [1.807, 2.05) is 10.9 Å². The van der Waals surface area contributed by atoms with E-state index < -0.39 is 10.0 Å². The predicted molar refractivity (Wildman–Crippen MR) is 92.1 cm³/mol. The number of nitrogens with one attached hydrogen (secondary N) is 1. The van der Waals surface area contributed by atoms with E-state index in [1.165, 1.54) is 36.9 Å². The van der Waals surface area contributed by atoms with Crippen LogP contribution in [0.25, 0.3) is 0 Å². The zero-order valence-corrected chi connectivity index (χ0v) is 15.0. The van der Waals surface area contributed by atoms with Gasteiger partial charge in [0.2, 0.25) is 10.0 Å². The Hall–Kier alpha value is -1.57. The van der Waals surface area contributed by atoms with Crippen molar-refractivity contribution in [2.45, 2.75) is 37.1 Å². The van der Waals surface area contributed by atoms with Crippen LogP contribution in [-0.4, -0.2) is 31.9 Å². The summed E-state index contributed by atoms with van der Waals surface area (Å²) in [5, 5.41) is 4.64. The Labute approximate surface area is 146 Å². The van der Waals surface area contributed by atoms with Crippen LogP contribution < -0.4 is 9.46 Å². The van der Waals surface area contributed by atoms with Crippen LogP contribution in [-0.2, 0) is 29.4 Å². The summed E-state index contributed by atoms with van der Waals surface area (Å²) in [5.41, 5.74) is 2.51. The Bertz CT molecular complexity index is 833. The molecule has 0 atom stereocenters. The standard InChI is InChI=1S/C16H20ClN3O3S/c1-23-16-7-6-13(10-14(16)17)24(21,22)19-8-9-20-15-5-3-2-4-12(15)11-18-20/h6-7,10-11,19H,2-5,8-9H2,1H3. The smallest absolute Gasteiger partial charge is 0.240 e. The first-order valence-corrected chi connectivity index (χ1v) is 9.74. The molecule has 2 aromatic rings. The highest BCUT2D eigenvalue weighted by Crippen LogP contribution is 2.26. The predicted octanol–water partition coefficient (Wildman–Crippen LogP) is 2.40. The first-order valence-electron chi connectivity index (χ1n) is 7.88. The van der Waals surface area contributed by atoms with Gasteiger partial charge in [-0.05, 0) is 49.4 Å². The quantitative estimate of drug-likeness (QED) is 0.848. The summed E-state index contributed by atoms with van der Waals surface area (Å²) in [7, 11) is -2.13. The van der Waals surface area contributed by atoms with Crippen molar-refractivity contribution in [1.29, 1.82) is 0 Å². The monoisotopic (exact) mass is 369 g/mol. The van der Waals surface area contributed by atoms with Gasteiger partial charge in [0.05, 0.1) is 29.8 Å². The molecule has 3 rings (SSSR count). The van der Waals surface area contributed by atoms with Gasteiger partial charge in [-0.2, -0.15) is 5.10 Å². The molecule has 24 heavy (non-hydrogen) atoms. The number of sulfonamides is 1. The second kappa shape index (κ2) is 7.13. The maximum absolute atomic E-state index is 12.4. The number of nitrogens with zero attached hydrogens (tertiary/aromatic N) is 2. The Balaban J connectivity index is 1.65. The van der Waals surface area contributed by atoms with Gasteiger partial charge in [-0.15, -0.1) is 0 Å². The third-order valence-corrected chi connectivity index (χ3v) is 5.95. The summed E-state index contributed by atoms with van der Waals surface area (Å²) in [6, 6.07) is 4.40. The fourth-order valence-electron chi connectivity index (χ4n) is 2.93. The van der Waals surface area contributed by atoms with Crippen molar-refractivity contribution in [3.05, 3.63) is 40.7 Å².